The Kier molecular flexibility index (Phi) is 15.4. The molecule has 0 aromatic heterocycles. The van der Waals surface area contributed by atoms with Gasteiger partial charge in [-0.25, -0.2) is 5.57 Å². The van der Waals surface area contributed by atoms with Gasteiger partial charge in [0.2, 0.25) is 0 Å². The van der Waals surface area contributed by atoms with Crippen LogP contribution in [0.15, 0.2) is 108 Å². The Morgan fingerprint density at radius 2 is 1.04 bits per heavy atom. The number of benzene rings is 4. The molecule has 0 bridgehead atoms. The molecule has 0 spiro atoms. The van der Waals surface area contributed by atoms with Gasteiger partial charge in [-0.15, -0.1) is 39.7 Å². The summed E-state index contributed by atoms with van der Waals surface area (Å²) in [6.45, 7) is 26.7. The van der Waals surface area contributed by atoms with Crippen molar-refractivity contribution in [3.05, 3.63) is 148 Å². The first kappa shape index (κ1) is 42.7. The van der Waals surface area contributed by atoms with Gasteiger partial charge in [0.05, 0.1) is 0 Å². The third-order valence-electron chi connectivity index (χ3n) is 9.05. The van der Waals surface area contributed by atoms with Crippen LogP contribution >= 0.6 is 0 Å². The van der Waals surface area contributed by atoms with E-state index in [0.29, 0.717) is 11.8 Å². The molecule has 5 aromatic carbocycles. The Morgan fingerprint density at radius 3 is 1.33 bits per heavy atom. The molecule has 1 unspecified atom stereocenters. The number of halogens is 2. The van der Waals surface area contributed by atoms with E-state index in [-0.39, 0.29) is 35.6 Å². The van der Waals surface area contributed by atoms with Crippen LogP contribution in [0.3, 0.4) is 0 Å². The zero-order valence-corrected chi connectivity index (χ0v) is 35.6. The standard InChI is InChI=1S/C21H25.C15H14.C10H15.2ClH.Zr/c1-20(2,3)16-9-7-14-11-15-8-10-17(21(4,5)6)13-19(15)18(14)12-16;1-12-3-7-14(8-4-12)11-15-9-5-13(2)6-10-15;1-7(2)10-6-8(3)5-9(10)4;;;/h7-13H,1-6H3;3-10H,1-2H3;6-8H,1-4H3;2*1H;/q-1;;-1;;;+2/p-2. The molecule has 0 radical (unpaired) electrons. The third kappa shape index (κ3) is 11.3. The van der Waals surface area contributed by atoms with Crippen molar-refractivity contribution in [2.45, 2.75) is 93.9 Å². The Morgan fingerprint density at radius 1 is 0.653 bits per heavy atom. The van der Waals surface area contributed by atoms with Gasteiger partial charge in [-0.2, -0.15) is 11.6 Å². The van der Waals surface area contributed by atoms with Crippen molar-refractivity contribution in [2.24, 2.45) is 11.8 Å². The zero-order valence-electron chi connectivity index (χ0n) is 31.6. The third-order valence-corrected chi connectivity index (χ3v) is 10.5. The van der Waals surface area contributed by atoms with Gasteiger partial charge in [-0.1, -0.05) is 116 Å². The molecule has 0 saturated heterocycles. The molecule has 6 rings (SSSR count). The normalized spacial score (nSPS) is 14.1. The summed E-state index contributed by atoms with van der Waals surface area (Å²) in [5.41, 5.74) is 11.3. The van der Waals surface area contributed by atoms with Gasteiger partial charge in [0, 0.05) is 0 Å². The van der Waals surface area contributed by atoms with E-state index in [1.807, 2.05) is 0 Å². The fraction of sp³-hybridized carbons (Fsp3) is 0.348. The predicted molar refractivity (Wildman–Crippen MR) is 205 cm³/mol. The molecule has 0 N–H and O–H groups in total. The minimum absolute atomic E-state index is 0. The van der Waals surface area contributed by atoms with E-state index in [0.717, 1.165) is 0 Å². The summed E-state index contributed by atoms with van der Waals surface area (Å²) in [6.07, 6.45) is 5.68. The van der Waals surface area contributed by atoms with Crippen LogP contribution in [0.1, 0.15) is 103 Å². The van der Waals surface area contributed by atoms with E-state index >= 15 is 0 Å². The summed E-state index contributed by atoms with van der Waals surface area (Å²) in [7, 11) is 0. The summed E-state index contributed by atoms with van der Waals surface area (Å²) in [5.74, 6) is 1.20. The molecule has 1 aliphatic rings. The quantitative estimate of drug-likeness (QED) is 0.180. The molecule has 258 valence electrons. The first-order chi connectivity index (χ1) is 21.9. The summed E-state index contributed by atoms with van der Waals surface area (Å²) < 4.78 is 1.42. The van der Waals surface area contributed by atoms with E-state index in [4.69, 9.17) is 0 Å². The second-order valence-electron chi connectivity index (χ2n) is 15.7. The van der Waals surface area contributed by atoms with Crippen molar-refractivity contribution in [2.75, 3.05) is 0 Å². The van der Waals surface area contributed by atoms with E-state index in [9.17, 15) is 0 Å². The molecule has 0 heterocycles. The van der Waals surface area contributed by atoms with Crippen molar-refractivity contribution in [3.8, 4) is 0 Å². The second kappa shape index (κ2) is 17.7. The molecule has 1 aliphatic carbocycles. The summed E-state index contributed by atoms with van der Waals surface area (Å²) in [6, 6.07) is 33.7. The number of allylic oxidation sites excluding steroid dienone is 4. The van der Waals surface area contributed by atoms with Gasteiger partial charge in [-0.05, 0) is 10.8 Å². The molecule has 0 saturated carbocycles. The minimum atomic E-state index is 0. The summed E-state index contributed by atoms with van der Waals surface area (Å²) in [5, 5.41) is 5.49. The molecule has 3 heteroatoms. The smallest absolute Gasteiger partial charge is 1.00 e. The molecular formula is C46H54Cl2Zr-2. The van der Waals surface area contributed by atoms with Crippen molar-refractivity contribution >= 4 is 24.8 Å². The SMILES string of the molecule is CC(C)(C)c1ccc2[cH-]c3ccc(C(C)(C)C)cc3c2c1.CC1=[C-]C(C)C=C1C(C)C.Cc1ccc([C](=[Zr+2])c2ccc(C)cc2)cc1.[Cl-].[Cl-]. The maximum atomic E-state index is 3.37. The van der Waals surface area contributed by atoms with Crippen LogP contribution in [0.5, 0.6) is 0 Å². The molecular weight excluding hydrogens is 715 g/mol. The van der Waals surface area contributed by atoms with Gasteiger partial charge in [0.25, 0.3) is 0 Å². The fourth-order valence-electron chi connectivity index (χ4n) is 6.02. The first-order valence-corrected chi connectivity index (χ1v) is 18.4. The summed E-state index contributed by atoms with van der Waals surface area (Å²) in [4.78, 5) is 0. The molecule has 1 atom stereocenters. The van der Waals surface area contributed by atoms with Gasteiger partial charge < -0.3 is 24.8 Å². The maximum Gasteiger partial charge on any atom is -1.00 e. The van der Waals surface area contributed by atoms with Gasteiger partial charge in [0.15, 0.2) is 0 Å². The minimum Gasteiger partial charge on any atom is -1.00 e. The first-order valence-electron chi connectivity index (χ1n) is 17.1. The largest absolute Gasteiger partial charge is 1.00 e. The second-order valence-corrected chi connectivity index (χ2v) is 16.9. The van der Waals surface area contributed by atoms with E-state index in [1.165, 1.54) is 93.5 Å². The Balaban J connectivity index is 0.000000265. The van der Waals surface area contributed by atoms with Crippen LogP contribution < -0.4 is 24.8 Å². The van der Waals surface area contributed by atoms with Crippen molar-refractivity contribution in [1.29, 1.82) is 0 Å². The van der Waals surface area contributed by atoms with Crippen LogP contribution in [0.2, 0.25) is 0 Å². The number of fused-ring (bicyclic) bond motifs is 3. The van der Waals surface area contributed by atoms with E-state index < -0.39 is 0 Å². The van der Waals surface area contributed by atoms with E-state index in [2.05, 4.69) is 186 Å². The predicted octanol–water partition coefficient (Wildman–Crippen LogP) is 6.70. The molecule has 0 fully saturated rings. The van der Waals surface area contributed by atoms with Crippen molar-refractivity contribution < 1.29 is 49.0 Å². The average Bonchev–Trinajstić information content (AvgIpc) is 3.55. The Bertz CT molecular complexity index is 1790. The number of rotatable bonds is 3. The zero-order chi connectivity index (χ0) is 34.7. The number of hydrogen-bond donors (Lipinski definition) is 0. The number of aryl methyl sites for hydroxylation is 2. The molecule has 0 nitrogen and oxygen atoms in total. The molecule has 49 heavy (non-hydrogen) atoms. The van der Waals surface area contributed by atoms with Gasteiger partial charge in [0.1, 0.15) is 0 Å². The Hall–Kier alpha value is -2.44. The van der Waals surface area contributed by atoms with Crippen molar-refractivity contribution in [1.82, 2.24) is 0 Å². The molecule has 0 aliphatic heterocycles. The van der Waals surface area contributed by atoms with Gasteiger partial charge >= 0.3 is 112 Å². The molecule has 0 amide bonds. The van der Waals surface area contributed by atoms with Crippen LogP contribution in [-0.2, 0) is 35.1 Å². The summed E-state index contributed by atoms with van der Waals surface area (Å²) >= 11 is 1.46. The van der Waals surface area contributed by atoms with Crippen LogP contribution in [-0.4, -0.2) is 3.21 Å². The van der Waals surface area contributed by atoms with Crippen molar-refractivity contribution in [3.63, 3.8) is 0 Å². The van der Waals surface area contributed by atoms with Crippen LogP contribution in [0.25, 0.3) is 21.5 Å². The molecule has 5 aromatic rings. The van der Waals surface area contributed by atoms with Crippen LogP contribution in [0, 0.1) is 31.8 Å². The average molecular weight is 769 g/mol. The van der Waals surface area contributed by atoms with Crippen LogP contribution in [0.4, 0.5) is 0 Å². The monoisotopic (exact) mass is 766 g/mol. The fourth-order valence-corrected chi connectivity index (χ4v) is 6.84. The topological polar surface area (TPSA) is 0 Å². The Labute approximate surface area is 325 Å². The maximum absolute atomic E-state index is 3.37. The van der Waals surface area contributed by atoms with Gasteiger partial charge in [-0.3, -0.25) is 6.08 Å². The van der Waals surface area contributed by atoms with E-state index in [1.54, 1.807) is 0 Å². The number of hydrogen-bond acceptors (Lipinski definition) is 0.